The number of nitrogens with one attached hydrogen (secondary N) is 2. The van der Waals surface area contributed by atoms with E-state index in [0.29, 0.717) is 13.0 Å². The zero-order valence-corrected chi connectivity index (χ0v) is 14.4. The first-order valence-corrected chi connectivity index (χ1v) is 8.55. The van der Waals surface area contributed by atoms with Crippen LogP contribution >= 0.6 is 0 Å². The van der Waals surface area contributed by atoms with Crippen LogP contribution in [0.15, 0.2) is 41.1 Å². The van der Waals surface area contributed by atoms with Crippen molar-refractivity contribution in [1.82, 2.24) is 15.6 Å². The lowest BCUT2D eigenvalue weighted by atomic mass is 10.2. The number of aromatic nitrogens is 1. The molecule has 2 N–H and O–H groups in total. The molecule has 3 rings (SSSR count). The summed E-state index contributed by atoms with van der Waals surface area (Å²) in [6.45, 7) is 5.54. The minimum absolute atomic E-state index is 0.00694. The van der Waals surface area contributed by atoms with Crippen molar-refractivity contribution < 1.29 is 13.9 Å². The third-order valence-corrected chi connectivity index (χ3v) is 4.06. The van der Waals surface area contributed by atoms with Crippen molar-refractivity contribution in [2.24, 2.45) is 0 Å². The third kappa shape index (κ3) is 5.22. The summed E-state index contributed by atoms with van der Waals surface area (Å²) in [5, 5.41) is 5.80. The zero-order valence-electron chi connectivity index (χ0n) is 14.4. The normalized spacial score (nSPS) is 15.6. The molecule has 1 fully saturated rings. The van der Waals surface area contributed by atoms with E-state index in [1.807, 2.05) is 31.2 Å². The molecule has 0 aliphatic carbocycles. The molecule has 3 heterocycles. The fourth-order valence-corrected chi connectivity index (χ4v) is 2.77. The average Bonchev–Trinajstić information content (AvgIpc) is 3.14. The number of hydrogen-bond donors (Lipinski definition) is 2. The minimum Gasteiger partial charge on any atom is -0.469 e. The summed E-state index contributed by atoms with van der Waals surface area (Å²) < 4.78 is 10.7. The maximum absolute atomic E-state index is 12.0. The van der Waals surface area contributed by atoms with Gasteiger partial charge in [-0.15, -0.1) is 0 Å². The topological polar surface area (TPSA) is 79.6 Å². The number of hydrogen-bond acceptors (Lipinski definition) is 5. The lowest BCUT2D eigenvalue weighted by molar-refractivity contribution is 0.122. The van der Waals surface area contributed by atoms with Crippen LogP contribution in [0.2, 0.25) is 0 Å². The van der Waals surface area contributed by atoms with E-state index >= 15 is 0 Å². The average molecular weight is 344 g/mol. The van der Waals surface area contributed by atoms with Crippen LogP contribution in [-0.4, -0.2) is 43.4 Å². The fourth-order valence-electron chi connectivity index (χ4n) is 2.77. The second-order valence-electron chi connectivity index (χ2n) is 6.13. The molecular formula is C18H24N4O3. The van der Waals surface area contributed by atoms with Gasteiger partial charge in [0.15, 0.2) is 0 Å². The standard InChI is InChI=1S/C18H24N4O3/c1-14(11-16-3-2-8-25-16)21-18(23)20-13-15-4-5-19-17(12-15)22-6-9-24-10-7-22/h2-5,8,12,14H,6-7,9-11,13H2,1H3,(H2,20,21,23). The number of pyridine rings is 1. The van der Waals surface area contributed by atoms with Gasteiger partial charge in [-0.3, -0.25) is 0 Å². The monoisotopic (exact) mass is 344 g/mol. The number of furan rings is 1. The SMILES string of the molecule is CC(Cc1ccco1)NC(=O)NCc1ccnc(N2CCOCC2)c1. The highest BCUT2D eigenvalue weighted by atomic mass is 16.5. The molecule has 0 bridgehead atoms. The number of carbonyl (C=O) groups excluding carboxylic acids is 1. The Labute approximate surface area is 147 Å². The van der Waals surface area contributed by atoms with E-state index in [2.05, 4.69) is 20.5 Å². The van der Waals surface area contributed by atoms with Gasteiger partial charge in [0, 0.05) is 38.3 Å². The van der Waals surface area contributed by atoms with Crippen LogP contribution < -0.4 is 15.5 Å². The van der Waals surface area contributed by atoms with Gasteiger partial charge in [-0.25, -0.2) is 9.78 Å². The third-order valence-electron chi connectivity index (χ3n) is 4.06. The Balaban J connectivity index is 1.46. The van der Waals surface area contributed by atoms with Gasteiger partial charge in [0.05, 0.1) is 19.5 Å². The Bertz CT molecular complexity index is 669. The lowest BCUT2D eigenvalue weighted by Crippen LogP contribution is -2.41. The lowest BCUT2D eigenvalue weighted by Gasteiger charge is -2.28. The predicted octanol–water partition coefficient (Wildman–Crippen LogP) is 1.94. The predicted molar refractivity (Wildman–Crippen MR) is 94.5 cm³/mol. The molecular weight excluding hydrogens is 320 g/mol. The number of rotatable bonds is 6. The highest BCUT2D eigenvalue weighted by molar-refractivity contribution is 5.74. The summed E-state index contributed by atoms with van der Waals surface area (Å²) in [7, 11) is 0. The van der Waals surface area contributed by atoms with Crippen molar-refractivity contribution in [1.29, 1.82) is 0 Å². The number of ether oxygens (including phenoxy) is 1. The Kier molecular flexibility index (Phi) is 5.90. The molecule has 0 saturated carbocycles. The van der Waals surface area contributed by atoms with E-state index in [1.165, 1.54) is 0 Å². The first-order valence-electron chi connectivity index (χ1n) is 8.55. The maximum Gasteiger partial charge on any atom is 0.315 e. The molecule has 0 radical (unpaired) electrons. The van der Waals surface area contributed by atoms with Gasteiger partial charge in [-0.2, -0.15) is 0 Å². The molecule has 0 aromatic carbocycles. The summed E-state index contributed by atoms with van der Waals surface area (Å²) in [4.78, 5) is 18.7. The highest BCUT2D eigenvalue weighted by Crippen LogP contribution is 2.14. The van der Waals surface area contributed by atoms with E-state index in [9.17, 15) is 4.79 Å². The van der Waals surface area contributed by atoms with E-state index in [1.54, 1.807) is 12.5 Å². The van der Waals surface area contributed by atoms with Crippen LogP contribution in [0.5, 0.6) is 0 Å². The zero-order chi connectivity index (χ0) is 17.5. The second-order valence-corrected chi connectivity index (χ2v) is 6.13. The molecule has 2 aromatic heterocycles. The van der Waals surface area contributed by atoms with Crippen LogP contribution in [0, 0.1) is 0 Å². The van der Waals surface area contributed by atoms with Gasteiger partial charge in [-0.05, 0) is 36.8 Å². The van der Waals surface area contributed by atoms with Gasteiger partial charge >= 0.3 is 6.03 Å². The quantitative estimate of drug-likeness (QED) is 0.837. The fraction of sp³-hybridized carbons (Fsp3) is 0.444. The van der Waals surface area contributed by atoms with Crippen molar-refractivity contribution >= 4 is 11.8 Å². The van der Waals surface area contributed by atoms with Crippen molar-refractivity contribution in [2.45, 2.75) is 25.9 Å². The van der Waals surface area contributed by atoms with Gasteiger partial charge < -0.3 is 24.7 Å². The summed E-state index contributed by atoms with van der Waals surface area (Å²) >= 11 is 0. The van der Waals surface area contributed by atoms with Crippen LogP contribution in [0.25, 0.3) is 0 Å². The number of carbonyl (C=O) groups is 1. The van der Waals surface area contributed by atoms with Gasteiger partial charge in [0.1, 0.15) is 11.6 Å². The summed E-state index contributed by atoms with van der Waals surface area (Å²) in [5.74, 6) is 1.78. The number of nitrogens with zero attached hydrogens (tertiary/aromatic N) is 2. The molecule has 25 heavy (non-hydrogen) atoms. The molecule has 134 valence electrons. The second kappa shape index (κ2) is 8.53. The summed E-state index contributed by atoms with van der Waals surface area (Å²) in [5.41, 5.74) is 1.02. The minimum atomic E-state index is -0.191. The number of anilines is 1. The smallest absolute Gasteiger partial charge is 0.315 e. The summed E-state index contributed by atoms with van der Waals surface area (Å²) in [6.07, 6.45) is 4.08. The largest absolute Gasteiger partial charge is 0.469 e. The van der Waals surface area contributed by atoms with Crippen molar-refractivity contribution in [3.8, 4) is 0 Å². The van der Waals surface area contributed by atoms with Gasteiger partial charge in [0.2, 0.25) is 0 Å². The van der Waals surface area contributed by atoms with E-state index in [-0.39, 0.29) is 12.1 Å². The molecule has 0 spiro atoms. The van der Waals surface area contributed by atoms with Crippen molar-refractivity contribution in [3.63, 3.8) is 0 Å². The molecule has 7 heteroatoms. The summed E-state index contributed by atoms with van der Waals surface area (Å²) in [6, 6.07) is 7.47. The van der Waals surface area contributed by atoms with Crippen LogP contribution in [-0.2, 0) is 17.7 Å². The Morgan fingerprint density at radius 2 is 2.20 bits per heavy atom. The van der Waals surface area contributed by atoms with Crippen LogP contribution in [0.3, 0.4) is 0 Å². The number of urea groups is 1. The van der Waals surface area contributed by atoms with Gasteiger partial charge in [0.25, 0.3) is 0 Å². The first kappa shape index (κ1) is 17.3. The molecule has 1 unspecified atom stereocenters. The molecule has 1 atom stereocenters. The van der Waals surface area contributed by atoms with Crippen molar-refractivity contribution in [3.05, 3.63) is 48.0 Å². The Hall–Kier alpha value is -2.54. The Morgan fingerprint density at radius 1 is 1.36 bits per heavy atom. The molecule has 2 aromatic rings. The van der Waals surface area contributed by atoms with E-state index in [0.717, 1.165) is 43.4 Å². The maximum atomic E-state index is 12.0. The van der Waals surface area contributed by atoms with Crippen LogP contribution in [0.4, 0.5) is 10.6 Å². The van der Waals surface area contributed by atoms with Crippen LogP contribution in [0.1, 0.15) is 18.2 Å². The van der Waals surface area contributed by atoms with E-state index < -0.39 is 0 Å². The van der Waals surface area contributed by atoms with E-state index in [4.69, 9.17) is 9.15 Å². The highest BCUT2D eigenvalue weighted by Gasteiger charge is 2.13. The molecule has 1 saturated heterocycles. The number of amides is 2. The Morgan fingerprint density at radius 3 is 2.96 bits per heavy atom. The molecule has 7 nitrogen and oxygen atoms in total. The molecule has 1 aliphatic rings. The molecule has 1 aliphatic heterocycles. The molecule has 2 amide bonds. The van der Waals surface area contributed by atoms with Gasteiger partial charge in [-0.1, -0.05) is 0 Å². The van der Waals surface area contributed by atoms with Crippen molar-refractivity contribution in [2.75, 3.05) is 31.2 Å². The number of morpholine rings is 1. The first-order chi connectivity index (χ1) is 12.2.